The van der Waals surface area contributed by atoms with Gasteiger partial charge >= 0.3 is 0 Å². The van der Waals surface area contributed by atoms with Crippen molar-refractivity contribution in [2.45, 2.75) is 26.4 Å². The predicted molar refractivity (Wildman–Crippen MR) is 86.3 cm³/mol. The molecule has 0 heterocycles. The molecule has 0 spiro atoms. The highest BCUT2D eigenvalue weighted by atomic mass is 16.5. The fourth-order valence-electron chi connectivity index (χ4n) is 2.41. The van der Waals surface area contributed by atoms with Crippen LogP contribution in [0, 0.1) is 11.3 Å². The van der Waals surface area contributed by atoms with E-state index in [2.05, 4.69) is 0 Å². The molecule has 0 aromatic heterocycles. The Balaban J connectivity index is 2.33. The summed E-state index contributed by atoms with van der Waals surface area (Å²) >= 11 is 0. The van der Waals surface area contributed by atoms with Crippen molar-refractivity contribution in [2.24, 2.45) is 0 Å². The van der Waals surface area contributed by atoms with Gasteiger partial charge in [0.15, 0.2) is 0 Å². The van der Waals surface area contributed by atoms with Crippen LogP contribution >= 0.6 is 0 Å². The Morgan fingerprint density at radius 2 is 2.14 bits per heavy atom. The highest BCUT2D eigenvalue weighted by Crippen LogP contribution is 2.34. The summed E-state index contributed by atoms with van der Waals surface area (Å²) in [5.41, 5.74) is 2.78. The molecule has 2 rings (SSSR count). The van der Waals surface area contributed by atoms with Crippen LogP contribution in [0.15, 0.2) is 35.5 Å². The van der Waals surface area contributed by atoms with Gasteiger partial charge in [0, 0.05) is 37.9 Å². The van der Waals surface area contributed by atoms with E-state index in [1.54, 1.807) is 25.2 Å². The van der Waals surface area contributed by atoms with Crippen LogP contribution in [-0.4, -0.2) is 30.9 Å². The van der Waals surface area contributed by atoms with Crippen molar-refractivity contribution in [2.75, 3.05) is 14.1 Å². The zero-order valence-electron chi connectivity index (χ0n) is 13.4. The van der Waals surface area contributed by atoms with Gasteiger partial charge in [0.25, 0.3) is 0 Å². The molecular weight excluding hydrogens is 276 g/mol. The van der Waals surface area contributed by atoms with E-state index in [1.807, 2.05) is 44.2 Å². The molecule has 0 aliphatic heterocycles. The first-order valence-corrected chi connectivity index (χ1v) is 7.24. The summed E-state index contributed by atoms with van der Waals surface area (Å²) in [7, 11) is 3.58. The molecule has 0 fully saturated rings. The molecule has 1 aliphatic rings. The van der Waals surface area contributed by atoms with Crippen molar-refractivity contribution in [1.82, 2.24) is 4.90 Å². The van der Waals surface area contributed by atoms with E-state index in [4.69, 9.17) is 4.74 Å². The number of benzene rings is 1. The van der Waals surface area contributed by atoms with Crippen molar-refractivity contribution in [1.29, 1.82) is 5.26 Å². The average molecular weight is 296 g/mol. The highest BCUT2D eigenvalue weighted by Gasteiger charge is 2.24. The molecule has 1 aromatic rings. The topological polar surface area (TPSA) is 53.3 Å². The summed E-state index contributed by atoms with van der Waals surface area (Å²) in [5.74, 6) is 0.563. The number of nitriles is 1. The molecule has 0 saturated heterocycles. The lowest BCUT2D eigenvalue weighted by Crippen LogP contribution is -2.10. The first-order valence-electron chi connectivity index (χ1n) is 7.24. The second-order valence-electron chi connectivity index (χ2n) is 5.79. The van der Waals surface area contributed by atoms with Crippen molar-refractivity contribution in [3.63, 3.8) is 0 Å². The van der Waals surface area contributed by atoms with Crippen molar-refractivity contribution < 1.29 is 9.53 Å². The van der Waals surface area contributed by atoms with Crippen molar-refractivity contribution >= 4 is 11.9 Å². The number of hydrogen-bond acceptors (Lipinski definition) is 4. The molecule has 0 radical (unpaired) electrons. The minimum absolute atomic E-state index is 0.0722. The zero-order valence-corrected chi connectivity index (χ0v) is 13.4. The minimum Gasteiger partial charge on any atom is -0.490 e. The van der Waals surface area contributed by atoms with Gasteiger partial charge in [-0.05, 0) is 31.6 Å². The third-order valence-electron chi connectivity index (χ3n) is 3.26. The lowest BCUT2D eigenvalue weighted by molar-refractivity contribution is -0.111. The number of Topliss-reactive ketones (excluding diaryl/α,β-unsaturated/α-hetero) is 1. The summed E-state index contributed by atoms with van der Waals surface area (Å²) in [6.45, 7) is 3.94. The van der Waals surface area contributed by atoms with E-state index in [0.29, 0.717) is 12.0 Å². The van der Waals surface area contributed by atoms with Crippen LogP contribution in [0.25, 0.3) is 6.08 Å². The Bertz CT molecular complexity index is 692. The lowest BCUT2D eigenvalue weighted by atomic mass is 10.0. The molecule has 4 nitrogen and oxygen atoms in total. The molecule has 22 heavy (non-hydrogen) atoms. The van der Waals surface area contributed by atoms with E-state index in [0.717, 1.165) is 16.9 Å². The van der Waals surface area contributed by atoms with E-state index in [9.17, 15) is 10.1 Å². The molecule has 4 heteroatoms. The number of ketones is 1. The third kappa shape index (κ3) is 3.37. The van der Waals surface area contributed by atoms with E-state index in [-0.39, 0.29) is 17.5 Å². The van der Waals surface area contributed by atoms with Crippen LogP contribution in [0.3, 0.4) is 0 Å². The molecule has 0 atom stereocenters. The van der Waals surface area contributed by atoms with Gasteiger partial charge in [0.1, 0.15) is 17.4 Å². The Labute approximate surface area is 131 Å². The van der Waals surface area contributed by atoms with Crippen LogP contribution < -0.4 is 4.74 Å². The minimum atomic E-state index is -0.220. The maximum absolute atomic E-state index is 12.5. The standard InChI is InChI=1S/C18H20N2O2/c1-12(2)22-17-7-5-6-13-8-14(9-16(13)17)18(21)15(10-19)11-20(3)4/h5-7,9,11-12H,8H2,1-4H3. The van der Waals surface area contributed by atoms with Crippen molar-refractivity contribution in [3.05, 3.63) is 46.7 Å². The average Bonchev–Trinajstić information content (AvgIpc) is 2.88. The summed E-state index contributed by atoms with van der Waals surface area (Å²) in [6, 6.07) is 7.80. The van der Waals surface area contributed by atoms with Gasteiger partial charge in [-0.15, -0.1) is 0 Å². The van der Waals surface area contributed by atoms with Gasteiger partial charge in [-0.3, -0.25) is 4.79 Å². The molecule has 0 bridgehead atoms. The number of carbonyl (C=O) groups is 1. The summed E-state index contributed by atoms with van der Waals surface area (Å²) < 4.78 is 5.79. The van der Waals surface area contributed by atoms with Crippen LogP contribution in [0.1, 0.15) is 25.0 Å². The van der Waals surface area contributed by atoms with Gasteiger partial charge < -0.3 is 9.64 Å². The summed E-state index contributed by atoms with van der Waals surface area (Å²) in [5, 5.41) is 9.18. The Hall–Kier alpha value is -2.54. The molecule has 114 valence electrons. The Morgan fingerprint density at radius 1 is 1.41 bits per heavy atom. The van der Waals surface area contributed by atoms with Gasteiger partial charge in [-0.1, -0.05) is 12.1 Å². The highest BCUT2D eigenvalue weighted by molar-refractivity contribution is 6.14. The molecule has 0 amide bonds. The molecule has 0 unspecified atom stereocenters. The van der Waals surface area contributed by atoms with Crippen LogP contribution in [0.4, 0.5) is 0 Å². The molecule has 0 N–H and O–H groups in total. The van der Waals surface area contributed by atoms with Crippen molar-refractivity contribution in [3.8, 4) is 11.8 Å². The molecule has 1 aromatic carbocycles. The zero-order chi connectivity index (χ0) is 16.3. The number of nitrogens with zero attached hydrogens (tertiary/aromatic N) is 2. The maximum Gasteiger partial charge on any atom is 0.201 e. The SMILES string of the molecule is CC(C)Oc1cccc2c1C=C(C(=O)C(C#N)=CN(C)C)C2. The normalized spacial score (nSPS) is 13.5. The van der Waals surface area contributed by atoms with Gasteiger partial charge in [0.05, 0.1) is 6.10 Å². The number of rotatable bonds is 5. The number of carbonyl (C=O) groups excluding carboxylic acids is 1. The molecular formula is C18H20N2O2. The van der Waals surface area contributed by atoms with E-state index >= 15 is 0 Å². The smallest absolute Gasteiger partial charge is 0.201 e. The monoisotopic (exact) mass is 296 g/mol. The van der Waals surface area contributed by atoms with Crippen LogP contribution in [-0.2, 0) is 11.2 Å². The van der Waals surface area contributed by atoms with Gasteiger partial charge in [0.2, 0.25) is 5.78 Å². The number of hydrogen-bond donors (Lipinski definition) is 0. The Kier molecular flexibility index (Phi) is 4.67. The third-order valence-corrected chi connectivity index (χ3v) is 3.26. The first kappa shape index (κ1) is 15.8. The second-order valence-corrected chi connectivity index (χ2v) is 5.79. The number of fused-ring (bicyclic) bond motifs is 1. The Morgan fingerprint density at radius 3 is 2.73 bits per heavy atom. The van der Waals surface area contributed by atoms with E-state index < -0.39 is 0 Å². The maximum atomic E-state index is 12.5. The molecule has 1 aliphatic carbocycles. The number of allylic oxidation sites excluding steroid dienone is 2. The summed E-state index contributed by atoms with van der Waals surface area (Å²) in [4.78, 5) is 14.2. The second kappa shape index (κ2) is 6.48. The van der Waals surface area contributed by atoms with Gasteiger partial charge in [-0.2, -0.15) is 5.26 Å². The fourth-order valence-corrected chi connectivity index (χ4v) is 2.41. The molecule has 0 saturated carbocycles. The summed E-state index contributed by atoms with van der Waals surface area (Å²) in [6.07, 6.45) is 4.01. The number of ether oxygens (including phenoxy) is 1. The fraction of sp³-hybridized carbons (Fsp3) is 0.333. The lowest BCUT2D eigenvalue weighted by Gasteiger charge is -2.12. The quantitative estimate of drug-likeness (QED) is 0.619. The van der Waals surface area contributed by atoms with Crippen LogP contribution in [0.2, 0.25) is 0 Å². The van der Waals surface area contributed by atoms with E-state index in [1.165, 1.54) is 0 Å². The first-order chi connectivity index (χ1) is 10.4. The largest absolute Gasteiger partial charge is 0.490 e. The van der Waals surface area contributed by atoms with Gasteiger partial charge in [-0.25, -0.2) is 0 Å². The predicted octanol–water partition coefficient (Wildman–Crippen LogP) is 2.95. The van der Waals surface area contributed by atoms with Crippen LogP contribution in [0.5, 0.6) is 5.75 Å².